The molecule has 0 unspecified atom stereocenters. The first-order chi connectivity index (χ1) is 24.1. The molecule has 1 aromatic carbocycles. The molecule has 2 aliphatic heterocycles. The third-order valence-electron chi connectivity index (χ3n) is 9.86. The van der Waals surface area contributed by atoms with E-state index < -0.39 is 0 Å². The second kappa shape index (κ2) is 16.8. The van der Waals surface area contributed by atoms with Gasteiger partial charge in [0.25, 0.3) is 0 Å². The Balaban J connectivity index is 1.58. The SMILES string of the molecule is CCCCCCc1c2nc(c(-c3ccc(N(CCC)CCC)cc3)c3nc(c(CCCCCC)c4ccc(cc5ccc1[nH]5)[nH]4)C=C3)C=C2. The number of aryl methyl sites for hydroxylation is 2. The van der Waals surface area contributed by atoms with Crippen LogP contribution in [-0.2, 0) is 12.8 Å². The maximum Gasteiger partial charge on any atom is 0.0737 e. The molecule has 4 aromatic rings. The molecule has 6 rings (SSSR count). The van der Waals surface area contributed by atoms with Crippen LogP contribution in [-0.4, -0.2) is 33.0 Å². The van der Waals surface area contributed by atoms with Gasteiger partial charge in [-0.2, -0.15) is 0 Å². The third-order valence-corrected chi connectivity index (χ3v) is 9.86. The van der Waals surface area contributed by atoms with Gasteiger partial charge in [0.05, 0.1) is 22.8 Å². The molecule has 0 amide bonds. The molecular weight excluding hydrogens is 599 g/mol. The standard InChI is InChI=1S/C44H55N5/c1-5-9-11-13-15-36-38-23-19-33(45-38)31-34-20-24-39(46-34)37(16-14-12-10-6-2)41-26-28-43(48-41)44(42-27-25-40(36)47-42)32-17-21-35(22-18-32)49(29-7-3)30-8-4/h17-28,31,45-46H,5-16,29-30H2,1-4H3. The van der Waals surface area contributed by atoms with Gasteiger partial charge >= 0.3 is 0 Å². The monoisotopic (exact) mass is 653 g/mol. The van der Waals surface area contributed by atoms with E-state index >= 15 is 0 Å². The van der Waals surface area contributed by atoms with Crippen molar-refractivity contribution in [2.45, 2.75) is 105 Å². The van der Waals surface area contributed by atoms with Crippen molar-refractivity contribution < 1.29 is 0 Å². The van der Waals surface area contributed by atoms with Crippen molar-refractivity contribution in [2.75, 3.05) is 18.0 Å². The van der Waals surface area contributed by atoms with Crippen molar-refractivity contribution in [1.82, 2.24) is 19.9 Å². The van der Waals surface area contributed by atoms with Gasteiger partial charge in [-0.3, -0.25) is 0 Å². The highest BCUT2D eigenvalue weighted by molar-refractivity contribution is 5.90. The van der Waals surface area contributed by atoms with E-state index in [1.54, 1.807) is 0 Å². The molecule has 5 heteroatoms. The van der Waals surface area contributed by atoms with Gasteiger partial charge < -0.3 is 14.9 Å². The molecule has 3 aromatic heterocycles. The van der Waals surface area contributed by atoms with E-state index in [2.05, 4.69) is 121 Å². The van der Waals surface area contributed by atoms with Crippen molar-refractivity contribution >= 4 is 52.1 Å². The van der Waals surface area contributed by atoms with E-state index in [-0.39, 0.29) is 0 Å². The van der Waals surface area contributed by atoms with Crippen LogP contribution < -0.4 is 4.90 Å². The van der Waals surface area contributed by atoms with Crippen LogP contribution in [0.15, 0.2) is 54.6 Å². The smallest absolute Gasteiger partial charge is 0.0737 e. The van der Waals surface area contributed by atoms with E-state index in [9.17, 15) is 0 Å². The van der Waals surface area contributed by atoms with Crippen molar-refractivity contribution in [1.29, 1.82) is 0 Å². The predicted octanol–water partition coefficient (Wildman–Crippen LogP) is 12.2. The Kier molecular flexibility index (Phi) is 11.8. The molecule has 0 radical (unpaired) electrons. The molecule has 0 spiro atoms. The maximum atomic E-state index is 5.39. The first-order valence-electron chi connectivity index (χ1n) is 19.1. The Morgan fingerprint density at radius 2 is 1.00 bits per heavy atom. The number of H-pyrrole nitrogens is 2. The Morgan fingerprint density at radius 3 is 1.47 bits per heavy atom. The number of nitrogens with one attached hydrogen (secondary N) is 2. The Labute approximate surface area is 293 Å². The van der Waals surface area contributed by atoms with E-state index in [1.165, 1.54) is 55.3 Å². The summed E-state index contributed by atoms with van der Waals surface area (Å²) in [5.41, 5.74) is 14.7. The summed E-state index contributed by atoms with van der Waals surface area (Å²) in [4.78, 5) is 20.8. The summed E-state index contributed by atoms with van der Waals surface area (Å²) in [7, 11) is 0. The second-order valence-electron chi connectivity index (χ2n) is 13.7. The molecule has 256 valence electrons. The lowest BCUT2D eigenvalue weighted by Crippen LogP contribution is -2.24. The van der Waals surface area contributed by atoms with E-state index in [0.717, 1.165) is 108 Å². The van der Waals surface area contributed by atoms with Gasteiger partial charge in [0.2, 0.25) is 0 Å². The number of unbranched alkanes of at least 4 members (excludes halogenated alkanes) is 6. The van der Waals surface area contributed by atoms with Crippen LogP contribution in [0.1, 0.15) is 126 Å². The molecule has 5 heterocycles. The molecule has 2 aliphatic rings. The average Bonchev–Trinajstić information content (AvgIpc) is 3.95. The molecule has 49 heavy (non-hydrogen) atoms. The zero-order valence-electron chi connectivity index (χ0n) is 30.2. The fourth-order valence-corrected chi connectivity index (χ4v) is 7.29. The van der Waals surface area contributed by atoms with Gasteiger partial charge in [0.15, 0.2) is 0 Å². The van der Waals surface area contributed by atoms with Gasteiger partial charge in [0.1, 0.15) is 0 Å². The largest absolute Gasteiger partial charge is 0.372 e. The van der Waals surface area contributed by atoms with Crippen LogP contribution in [0.25, 0.3) is 57.5 Å². The van der Waals surface area contributed by atoms with Crippen LogP contribution in [0.3, 0.4) is 0 Å². The minimum atomic E-state index is 0.981. The number of benzene rings is 1. The third kappa shape index (κ3) is 8.26. The molecule has 0 saturated heterocycles. The summed E-state index contributed by atoms with van der Waals surface area (Å²) in [6, 6.07) is 20.2. The number of nitrogens with zero attached hydrogens (tertiary/aromatic N) is 3. The van der Waals surface area contributed by atoms with Crippen molar-refractivity contribution in [3.05, 3.63) is 88.5 Å². The summed E-state index contributed by atoms with van der Waals surface area (Å²) < 4.78 is 0. The molecule has 5 nitrogen and oxygen atoms in total. The zero-order chi connectivity index (χ0) is 34.0. The molecule has 8 bridgehead atoms. The molecule has 0 saturated carbocycles. The predicted molar refractivity (Wildman–Crippen MR) is 213 cm³/mol. The summed E-state index contributed by atoms with van der Waals surface area (Å²) >= 11 is 0. The van der Waals surface area contributed by atoms with Crippen LogP contribution in [0.5, 0.6) is 0 Å². The van der Waals surface area contributed by atoms with Gasteiger partial charge in [-0.25, -0.2) is 9.97 Å². The molecule has 0 aliphatic carbocycles. The number of aromatic amines is 2. The Bertz CT molecular complexity index is 1810. The number of aromatic nitrogens is 4. The summed E-state index contributed by atoms with van der Waals surface area (Å²) in [6.07, 6.45) is 22.8. The van der Waals surface area contributed by atoms with Crippen molar-refractivity contribution in [3.8, 4) is 11.1 Å². The highest BCUT2D eigenvalue weighted by atomic mass is 15.1. The fourth-order valence-electron chi connectivity index (χ4n) is 7.29. The van der Waals surface area contributed by atoms with Gasteiger partial charge in [-0.1, -0.05) is 78.4 Å². The number of hydrogen-bond donors (Lipinski definition) is 2. The lowest BCUT2D eigenvalue weighted by molar-refractivity contribution is 0.667. The summed E-state index contributed by atoms with van der Waals surface area (Å²) in [5, 5.41) is 0. The van der Waals surface area contributed by atoms with Crippen LogP contribution >= 0.6 is 0 Å². The molecule has 0 atom stereocenters. The maximum absolute atomic E-state index is 5.39. The summed E-state index contributed by atoms with van der Waals surface area (Å²) in [6.45, 7) is 11.2. The van der Waals surface area contributed by atoms with Gasteiger partial charge in [0, 0.05) is 57.5 Å². The zero-order valence-corrected chi connectivity index (χ0v) is 30.2. The lowest BCUT2D eigenvalue weighted by atomic mass is 10.0. The molecular formula is C44H55N5. The van der Waals surface area contributed by atoms with Crippen molar-refractivity contribution in [3.63, 3.8) is 0 Å². The average molecular weight is 654 g/mol. The van der Waals surface area contributed by atoms with Gasteiger partial charge in [-0.05, 0) is 111 Å². The Morgan fingerprint density at radius 1 is 0.510 bits per heavy atom. The Hall–Kier alpha value is -4.38. The highest BCUT2D eigenvalue weighted by Gasteiger charge is 2.18. The fraction of sp³-hybridized carbons (Fsp3) is 0.409. The van der Waals surface area contributed by atoms with Crippen LogP contribution in [0, 0.1) is 0 Å². The van der Waals surface area contributed by atoms with Crippen molar-refractivity contribution in [2.24, 2.45) is 0 Å². The number of rotatable bonds is 16. The normalized spacial score (nSPS) is 12.2. The minimum Gasteiger partial charge on any atom is -0.372 e. The number of fused-ring (bicyclic) bond motifs is 8. The van der Waals surface area contributed by atoms with E-state index in [4.69, 9.17) is 9.97 Å². The first-order valence-corrected chi connectivity index (χ1v) is 19.1. The number of hydrogen-bond acceptors (Lipinski definition) is 3. The van der Waals surface area contributed by atoms with Crippen LogP contribution in [0.2, 0.25) is 0 Å². The van der Waals surface area contributed by atoms with Gasteiger partial charge in [-0.15, -0.1) is 0 Å². The topological polar surface area (TPSA) is 60.6 Å². The van der Waals surface area contributed by atoms with Crippen LogP contribution in [0.4, 0.5) is 5.69 Å². The molecule has 2 N–H and O–H groups in total. The number of anilines is 1. The highest BCUT2D eigenvalue weighted by Crippen LogP contribution is 2.34. The second-order valence-corrected chi connectivity index (χ2v) is 13.7. The van der Waals surface area contributed by atoms with E-state index in [1.807, 2.05) is 0 Å². The lowest BCUT2D eigenvalue weighted by Gasteiger charge is -2.24. The van der Waals surface area contributed by atoms with E-state index in [0.29, 0.717) is 0 Å². The minimum absolute atomic E-state index is 0.981. The summed E-state index contributed by atoms with van der Waals surface area (Å²) in [5.74, 6) is 0. The molecule has 0 fully saturated rings. The first kappa shape index (κ1) is 34.5. The quantitative estimate of drug-likeness (QED) is 0.102.